The van der Waals surface area contributed by atoms with Gasteiger partial charge in [0.25, 0.3) is 0 Å². The van der Waals surface area contributed by atoms with Crippen molar-refractivity contribution in [1.29, 1.82) is 0 Å². The van der Waals surface area contributed by atoms with Crippen LogP contribution in [0.25, 0.3) is 0 Å². The largest absolute Gasteiger partial charge is 0.411 e. The Hall–Kier alpha value is -1.02. The standard InChI is InChI=1S/C11H12F5NOS/c12-8-4-7(17)5-9(13)10(8)19-3-1-2-18-6-11(14,15)16/h4-5H,1-3,6,17H2. The summed E-state index contributed by atoms with van der Waals surface area (Å²) in [5.41, 5.74) is 5.23. The van der Waals surface area contributed by atoms with E-state index in [1.807, 2.05) is 0 Å². The zero-order valence-corrected chi connectivity index (χ0v) is 10.6. The molecule has 0 radical (unpaired) electrons. The van der Waals surface area contributed by atoms with Crippen molar-refractivity contribution in [2.45, 2.75) is 17.5 Å². The molecule has 0 aromatic heterocycles. The molecule has 0 spiro atoms. The van der Waals surface area contributed by atoms with Crippen LogP contribution in [0.15, 0.2) is 17.0 Å². The first-order chi connectivity index (χ1) is 8.79. The normalized spacial score (nSPS) is 11.8. The number of hydrogen-bond donors (Lipinski definition) is 1. The van der Waals surface area contributed by atoms with E-state index >= 15 is 0 Å². The van der Waals surface area contributed by atoms with Crippen LogP contribution in [0.5, 0.6) is 0 Å². The number of benzene rings is 1. The number of nitrogens with two attached hydrogens (primary N) is 1. The number of thioether (sulfide) groups is 1. The lowest BCUT2D eigenvalue weighted by atomic mass is 10.3. The fraction of sp³-hybridized carbons (Fsp3) is 0.455. The number of rotatable bonds is 6. The molecule has 0 saturated heterocycles. The van der Waals surface area contributed by atoms with E-state index in [1.165, 1.54) is 0 Å². The van der Waals surface area contributed by atoms with E-state index in [9.17, 15) is 22.0 Å². The minimum Gasteiger partial charge on any atom is -0.399 e. The van der Waals surface area contributed by atoms with Gasteiger partial charge < -0.3 is 10.5 Å². The van der Waals surface area contributed by atoms with E-state index < -0.39 is 24.4 Å². The van der Waals surface area contributed by atoms with E-state index in [-0.39, 0.29) is 29.4 Å². The minimum atomic E-state index is -4.36. The highest BCUT2D eigenvalue weighted by Crippen LogP contribution is 2.27. The van der Waals surface area contributed by atoms with Crippen molar-refractivity contribution in [2.75, 3.05) is 24.7 Å². The van der Waals surface area contributed by atoms with Gasteiger partial charge in [-0.05, 0) is 18.6 Å². The molecule has 0 amide bonds. The van der Waals surface area contributed by atoms with Crippen molar-refractivity contribution in [3.63, 3.8) is 0 Å². The van der Waals surface area contributed by atoms with E-state index in [4.69, 9.17) is 5.73 Å². The van der Waals surface area contributed by atoms with Crippen LogP contribution in [0.3, 0.4) is 0 Å². The molecule has 1 aromatic rings. The zero-order valence-electron chi connectivity index (χ0n) is 9.77. The average Bonchev–Trinajstić information content (AvgIpc) is 2.24. The Morgan fingerprint density at radius 2 is 1.74 bits per heavy atom. The van der Waals surface area contributed by atoms with Crippen LogP contribution >= 0.6 is 11.8 Å². The Morgan fingerprint density at radius 1 is 1.16 bits per heavy atom. The van der Waals surface area contributed by atoms with Gasteiger partial charge in [0, 0.05) is 18.0 Å². The molecule has 0 aliphatic rings. The van der Waals surface area contributed by atoms with Gasteiger partial charge in [-0.2, -0.15) is 13.2 Å². The maximum absolute atomic E-state index is 13.3. The highest BCUT2D eigenvalue weighted by atomic mass is 32.2. The Morgan fingerprint density at radius 3 is 2.26 bits per heavy atom. The number of hydrogen-bond acceptors (Lipinski definition) is 3. The molecular formula is C11H12F5NOS. The van der Waals surface area contributed by atoms with E-state index in [0.29, 0.717) is 0 Å². The second kappa shape index (κ2) is 6.95. The topological polar surface area (TPSA) is 35.2 Å². The SMILES string of the molecule is Nc1cc(F)c(SCCCOCC(F)(F)F)c(F)c1. The molecule has 0 saturated carbocycles. The Labute approximate surface area is 111 Å². The van der Waals surface area contributed by atoms with Gasteiger partial charge in [-0.3, -0.25) is 0 Å². The summed E-state index contributed by atoms with van der Waals surface area (Å²) >= 11 is 0.873. The maximum atomic E-state index is 13.3. The molecule has 0 unspecified atom stereocenters. The molecular weight excluding hydrogens is 289 g/mol. The van der Waals surface area contributed by atoms with Crippen LogP contribution in [0.2, 0.25) is 0 Å². The van der Waals surface area contributed by atoms with Gasteiger partial charge in [0.05, 0.1) is 4.90 Å². The predicted octanol–water partition coefficient (Wildman–Crippen LogP) is 3.61. The van der Waals surface area contributed by atoms with Gasteiger partial charge in [-0.1, -0.05) is 0 Å². The monoisotopic (exact) mass is 301 g/mol. The molecule has 0 atom stereocenters. The van der Waals surface area contributed by atoms with Crippen molar-refractivity contribution < 1.29 is 26.7 Å². The summed E-state index contributed by atoms with van der Waals surface area (Å²) in [6, 6.07) is 1.98. The third-order valence-corrected chi connectivity index (χ3v) is 3.14. The number of alkyl halides is 3. The van der Waals surface area contributed by atoms with Crippen LogP contribution in [0, 0.1) is 11.6 Å². The second-order valence-electron chi connectivity index (χ2n) is 3.68. The quantitative estimate of drug-likeness (QED) is 0.377. The third kappa shape index (κ3) is 6.11. The van der Waals surface area contributed by atoms with E-state index in [0.717, 1.165) is 23.9 Å². The Balaban J connectivity index is 2.30. The van der Waals surface area contributed by atoms with Crippen molar-refractivity contribution in [2.24, 2.45) is 0 Å². The van der Waals surface area contributed by atoms with Gasteiger partial charge >= 0.3 is 6.18 Å². The van der Waals surface area contributed by atoms with Crippen LogP contribution in [-0.2, 0) is 4.74 Å². The molecule has 108 valence electrons. The molecule has 0 heterocycles. The fourth-order valence-electron chi connectivity index (χ4n) is 1.24. The summed E-state index contributed by atoms with van der Waals surface area (Å²) in [5, 5.41) is 0. The van der Waals surface area contributed by atoms with Gasteiger partial charge in [0.2, 0.25) is 0 Å². The smallest absolute Gasteiger partial charge is 0.399 e. The van der Waals surface area contributed by atoms with Gasteiger partial charge in [0.15, 0.2) is 0 Å². The van der Waals surface area contributed by atoms with E-state index in [2.05, 4.69) is 4.74 Å². The van der Waals surface area contributed by atoms with Crippen molar-refractivity contribution in [3.05, 3.63) is 23.8 Å². The molecule has 1 aromatic carbocycles. The molecule has 19 heavy (non-hydrogen) atoms. The van der Waals surface area contributed by atoms with Crippen LogP contribution in [0.4, 0.5) is 27.6 Å². The Bertz CT molecular complexity index is 401. The maximum Gasteiger partial charge on any atom is 0.411 e. The van der Waals surface area contributed by atoms with Crippen molar-refractivity contribution in [1.82, 2.24) is 0 Å². The van der Waals surface area contributed by atoms with Crippen LogP contribution in [0.1, 0.15) is 6.42 Å². The lowest BCUT2D eigenvalue weighted by Gasteiger charge is -2.08. The van der Waals surface area contributed by atoms with Crippen molar-refractivity contribution in [3.8, 4) is 0 Å². The first-order valence-electron chi connectivity index (χ1n) is 5.31. The first-order valence-corrected chi connectivity index (χ1v) is 6.30. The summed E-state index contributed by atoms with van der Waals surface area (Å²) in [4.78, 5) is -0.190. The number of nitrogen functional groups attached to an aromatic ring is 1. The minimum absolute atomic E-state index is 0.0205. The molecule has 2 nitrogen and oxygen atoms in total. The highest BCUT2D eigenvalue weighted by molar-refractivity contribution is 7.99. The number of ether oxygens (including phenoxy) is 1. The molecule has 1 rings (SSSR count). The summed E-state index contributed by atoms with van der Waals surface area (Å²) in [5.74, 6) is -1.31. The van der Waals surface area contributed by atoms with Crippen molar-refractivity contribution >= 4 is 17.4 Å². The first kappa shape index (κ1) is 16.0. The molecule has 2 N–H and O–H groups in total. The van der Waals surface area contributed by atoms with Gasteiger partial charge in [0.1, 0.15) is 18.2 Å². The van der Waals surface area contributed by atoms with Gasteiger partial charge in [-0.15, -0.1) is 11.8 Å². The zero-order chi connectivity index (χ0) is 14.5. The molecule has 0 aliphatic heterocycles. The van der Waals surface area contributed by atoms with Crippen LogP contribution in [-0.4, -0.2) is 25.1 Å². The fourth-order valence-corrected chi connectivity index (χ4v) is 2.10. The molecule has 0 bridgehead atoms. The second-order valence-corrected chi connectivity index (χ2v) is 4.79. The summed E-state index contributed by atoms with van der Waals surface area (Å²) in [6.45, 7) is -1.44. The summed E-state index contributed by atoms with van der Waals surface area (Å²) < 4.78 is 66.2. The summed E-state index contributed by atoms with van der Waals surface area (Å²) in [6.07, 6.45) is -4.10. The highest BCUT2D eigenvalue weighted by Gasteiger charge is 2.27. The third-order valence-electron chi connectivity index (χ3n) is 1.97. The van der Waals surface area contributed by atoms with Gasteiger partial charge in [-0.25, -0.2) is 8.78 Å². The lowest BCUT2D eigenvalue weighted by molar-refractivity contribution is -0.173. The molecule has 8 heteroatoms. The lowest BCUT2D eigenvalue weighted by Crippen LogP contribution is -2.17. The number of halogens is 5. The van der Waals surface area contributed by atoms with E-state index in [1.54, 1.807) is 0 Å². The van der Waals surface area contributed by atoms with Crippen LogP contribution < -0.4 is 5.73 Å². The molecule has 0 fully saturated rings. The Kier molecular flexibility index (Phi) is 5.86. The summed E-state index contributed by atoms with van der Waals surface area (Å²) in [7, 11) is 0. The molecule has 0 aliphatic carbocycles. The number of anilines is 1. The predicted molar refractivity (Wildman–Crippen MR) is 63.0 cm³/mol. The average molecular weight is 301 g/mol.